The van der Waals surface area contributed by atoms with Gasteiger partial charge in [-0.05, 0) is 95.9 Å². The highest BCUT2D eigenvalue weighted by atomic mass is 16.5. The number of imidazole rings is 1. The number of amides is 1. The number of aryl methyl sites for hydroxylation is 1. The quantitative estimate of drug-likeness (QED) is 0.0970. The summed E-state index contributed by atoms with van der Waals surface area (Å²) in [6.45, 7) is 18.1. The highest BCUT2D eigenvalue weighted by Gasteiger charge is 2.41. The lowest BCUT2D eigenvalue weighted by molar-refractivity contribution is 0.0779. The van der Waals surface area contributed by atoms with Gasteiger partial charge in [-0.1, -0.05) is 62.7 Å². The predicted molar refractivity (Wildman–Crippen MR) is 207 cm³/mol. The van der Waals surface area contributed by atoms with Crippen LogP contribution in [0.1, 0.15) is 81.5 Å². The molecular formula is C42H60N4O5. The van der Waals surface area contributed by atoms with Crippen LogP contribution in [0.3, 0.4) is 0 Å². The highest BCUT2D eigenvalue weighted by molar-refractivity contribution is 5.96. The van der Waals surface area contributed by atoms with Crippen LogP contribution in [0.25, 0.3) is 11.0 Å². The first-order chi connectivity index (χ1) is 24.8. The van der Waals surface area contributed by atoms with Crippen LogP contribution in [0, 0.1) is 6.92 Å². The molecule has 1 aliphatic rings. The van der Waals surface area contributed by atoms with Crippen molar-refractivity contribution in [3.05, 3.63) is 83.7 Å². The molecule has 0 saturated carbocycles. The summed E-state index contributed by atoms with van der Waals surface area (Å²) in [7, 11) is 3.16. The van der Waals surface area contributed by atoms with E-state index in [9.17, 15) is 4.79 Å². The topological polar surface area (TPSA) is 78.3 Å². The number of carbonyl (C=O) groups is 1. The number of hydrogen-bond acceptors (Lipinski definition) is 7. The zero-order valence-electron chi connectivity index (χ0n) is 32.1. The van der Waals surface area contributed by atoms with Crippen molar-refractivity contribution >= 4 is 16.9 Å². The fraction of sp³-hybridized carbons (Fsp3) is 0.524. The minimum atomic E-state index is -0.0472. The first kappa shape index (κ1) is 39.7. The van der Waals surface area contributed by atoms with Gasteiger partial charge in [0.25, 0.3) is 5.91 Å². The average molecular weight is 701 g/mol. The molecular weight excluding hydrogens is 640 g/mol. The van der Waals surface area contributed by atoms with Gasteiger partial charge in [-0.2, -0.15) is 0 Å². The van der Waals surface area contributed by atoms with Crippen molar-refractivity contribution in [3.8, 4) is 17.2 Å². The van der Waals surface area contributed by atoms with Crippen molar-refractivity contribution in [1.29, 1.82) is 0 Å². The molecule has 9 nitrogen and oxygen atoms in total. The summed E-state index contributed by atoms with van der Waals surface area (Å²) in [6, 6.07) is 22.5. The Balaban J connectivity index is 0.000000322. The minimum Gasteiger partial charge on any atom is -0.493 e. The molecule has 1 unspecified atom stereocenters. The van der Waals surface area contributed by atoms with Crippen molar-refractivity contribution in [2.24, 2.45) is 0 Å². The third-order valence-corrected chi connectivity index (χ3v) is 9.80. The van der Waals surface area contributed by atoms with Crippen LogP contribution in [0.15, 0.2) is 66.7 Å². The lowest BCUT2D eigenvalue weighted by Gasteiger charge is -2.33. The predicted octanol–water partition coefficient (Wildman–Crippen LogP) is 8.17. The molecule has 0 N–H and O–H groups in total. The number of carbonyl (C=O) groups excluding carboxylic acids is 1. The number of rotatable bonds is 18. The minimum absolute atomic E-state index is 0.00566. The van der Waals surface area contributed by atoms with E-state index in [0.717, 1.165) is 76.5 Å². The SMILES string of the molecule is CCCCN(CCC)CCC1(c2ccccc2)CCN(C(=O)c2cc(OC)c(OC)c(OCC)c2)C1.CCOCCn1c(C)nc2ccccc21. The van der Waals surface area contributed by atoms with E-state index >= 15 is 0 Å². The van der Waals surface area contributed by atoms with Gasteiger partial charge in [-0.15, -0.1) is 0 Å². The molecule has 2 heterocycles. The Hall–Kier alpha value is -4.08. The van der Waals surface area contributed by atoms with Crippen LogP contribution in [0.2, 0.25) is 0 Å². The second-order valence-corrected chi connectivity index (χ2v) is 13.2. The molecule has 3 aromatic carbocycles. The maximum atomic E-state index is 13.7. The Bertz CT molecular complexity index is 1640. The van der Waals surface area contributed by atoms with E-state index in [1.54, 1.807) is 26.4 Å². The number of fused-ring (bicyclic) bond motifs is 1. The second kappa shape index (κ2) is 20.1. The van der Waals surface area contributed by atoms with Crippen molar-refractivity contribution in [2.75, 3.05) is 66.8 Å². The van der Waals surface area contributed by atoms with Crippen LogP contribution in [0.5, 0.6) is 17.2 Å². The van der Waals surface area contributed by atoms with E-state index in [4.69, 9.17) is 18.9 Å². The zero-order chi connectivity index (χ0) is 36.6. The van der Waals surface area contributed by atoms with E-state index in [2.05, 4.69) is 64.7 Å². The van der Waals surface area contributed by atoms with Crippen LogP contribution >= 0.6 is 0 Å². The Morgan fingerprint density at radius 2 is 1.63 bits per heavy atom. The van der Waals surface area contributed by atoms with E-state index in [0.29, 0.717) is 36.0 Å². The normalized spacial score (nSPS) is 15.6. The molecule has 4 aromatic rings. The number of unbranched alkanes of at least 4 members (excludes halogenated alkanes) is 1. The number of para-hydroxylation sites is 2. The number of hydrogen-bond donors (Lipinski definition) is 0. The fourth-order valence-corrected chi connectivity index (χ4v) is 7.10. The Morgan fingerprint density at radius 3 is 2.31 bits per heavy atom. The molecule has 1 aliphatic heterocycles. The zero-order valence-corrected chi connectivity index (χ0v) is 32.1. The first-order valence-corrected chi connectivity index (χ1v) is 18.8. The van der Waals surface area contributed by atoms with Gasteiger partial charge < -0.3 is 33.3 Å². The maximum absolute atomic E-state index is 13.7. The number of methoxy groups -OCH3 is 2. The third kappa shape index (κ3) is 10.3. The van der Waals surface area contributed by atoms with Crippen LogP contribution in [0.4, 0.5) is 0 Å². The number of benzene rings is 3. The van der Waals surface area contributed by atoms with Crippen molar-refractivity contribution in [1.82, 2.24) is 19.4 Å². The summed E-state index contributed by atoms with van der Waals surface area (Å²) in [5.74, 6) is 2.61. The molecule has 0 aliphatic carbocycles. The van der Waals surface area contributed by atoms with Crippen LogP contribution in [-0.4, -0.2) is 92.0 Å². The summed E-state index contributed by atoms with van der Waals surface area (Å²) in [6.07, 6.45) is 5.60. The molecule has 1 saturated heterocycles. The molecule has 51 heavy (non-hydrogen) atoms. The number of nitrogens with zero attached hydrogens (tertiary/aromatic N) is 4. The molecule has 1 fully saturated rings. The number of ether oxygens (including phenoxy) is 4. The summed E-state index contributed by atoms with van der Waals surface area (Å²) >= 11 is 0. The fourth-order valence-electron chi connectivity index (χ4n) is 7.10. The standard InChI is InChI=1S/C30H44N2O4.C12H16N2O/c1-6-9-18-31(17-7-2)19-15-30(25-13-11-10-12-14-25)16-20-32(23-30)29(33)24-21-26(34-4)28(35-5)27(22-24)36-8-3;1-3-15-9-8-14-10(2)13-11-6-4-5-7-12(11)14/h10-14,21-22H,6-9,15-20,23H2,1-5H3;4-7H,3,8-9H2,1-2H3. The van der Waals surface area contributed by atoms with Crippen molar-refractivity contribution < 1.29 is 23.7 Å². The average Bonchev–Trinajstić information content (AvgIpc) is 3.74. The molecule has 0 radical (unpaired) electrons. The van der Waals surface area contributed by atoms with Gasteiger partial charge in [-0.25, -0.2) is 4.98 Å². The molecule has 0 bridgehead atoms. The van der Waals surface area contributed by atoms with E-state index in [-0.39, 0.29) is 11.3 Å². The Kier molecular flexibility index (Phi) is 15.6. The molecule has 0 spiro atoms. The number of likely N-dealkylation sites (tertiary alicyclic amines) is 1. The summed E-state index contributed by atoms with van der Waals surface area (Å²) in [5.41, 5.74) is 4.10. The smallest absolute Gasteiger partial charge is 0.254 e. The second-order valence-electron chi connectivity index (χ2n) is 13.2. The Labute approximate surface area is 305 Å². The first-order valence-electron chi connectivity index (χ1n) is 18.8. The van der Waals surface area contributed by atoms with Gasteiger partial charge >= 0.3 is 0 Å². The molecule has 1 aromatic heterocycles. The van der Waals surface area contributed by atoms with Gasteiger partial charge in [0.2, 0.25) is 5.75 Å². The maximum Gasteiger partial charge on any atom is 0.254 e. The lowest BCUT2D eigenvalue weighted by atomic mass is 9.76. The van der Waals surface area contributed by atoms with Crippen molar-refractivity contribution in [3.63, 3.8) is 0 Å². The van der Waals surface area contributed by atoms with Gasteiger partial charge in [0, 0.05) is 37.2 Å². The van der Waals surface area contributed by atoms with Crippen molar-refractivity contribution in [2.45, 2.75) is 78.7 Å². The van der Waals surface area contributed by atoms with E-state index < -0.39 is 0 Å². The van der Waals surface area contributed by atoms with E-state index in [1.807, 2.05) is 43.9 Å². The van der Waals surface area contributed by atoms with Crippen LogP contribution < -0.4 is 14.2 Å². The largest absolute Gasteiger partial charge is 0.493 e. The van der Waals surface area contributed by atoms with Gasteiger partial charge in [0.1, 0.15) is 5.82 Å². The molecule has 1 atom stereocenters. The summed E-state index contributed by atoms with van der Waals surface area (Å²) in [5, 5.41) is 0. The summed E-state index contributed by atoms with van der Waals surface area (Å²) in [4.78, 5) is 22.8. The molecule has 5 rings (SSSR count). The lowest BCUT2D eigenvalue weighted by Crippen LogP contribution is -2.38. The van der Waals surface area contributed by atoms with Gasteiger partial charge in [0.05, 0.1) is 38.5 Å². The van der Waals surface area contributed by atoms with E-state index in [1.165, 1.54) is 23.9 Å². The highest BCUT2D eigenvalue weighted by Crippen LogP contribution is 2.41. The van der Waals surface area contributed by atoms with Crippen LogP contribution in [-0.2, 0) is 16.7 Å². The molecule has 278 valence electrons. The third-order valence-electron chi connectivity index (χ3n) is 9.80. The molecule has 9 heteroatoms. The van der Waals surface area contributed by atoms with Gasteiger partial charge in [0.15, 0.2) is 11.5 Å². The summed E-state index contributed by atoms with van der Waals surface area (Å²) < 4.78 is 24.4. The monoisotopic (exact) mass is 700 g/mol. The van der Waals surface area contributed by atoms with Gasteiger partial charge in [-0.3, -0.25) is 4.79 Å². The Morgan fingerprint density at radius 1 is 0.882 bits per heavy atom. The molecule has 1 amide bonds. The number of aromatic nitrogens is 2.